The summed E-state index contributed by atoms with van der Waals surface area (Å²) in [5.41, 5.74) is 2.63. The smallest absolute Gasteiger partial charge is 0.211 e. The number of aromatic nitrogens is 3. The second-order valence-corrected chi connectivity index (χ2v) is 7.85. The predicted octanol–water partition coefficient (Wildman–Crippen LogP) is 2.45. The average molecular weight is 334 g/mol. The first-order chi connectivity index (χ1) is 11.0. The van der Waals surface area contributed by atoms with E-state index in [9.17, 15) is 8.42 Å². The lowest BCUT2D eigenvalue weighted by atomic mass is 10.1. The van der Waals surface area contributed by atoms with E-state index in [2.05, 4.69) is 12.0 Å². The summed E-state index contributed by atoms with van der Waals surface area (Å²) in [5, 5.41) is 4.33. The van der Waals surface area contributed by atoms with Gasteiger partial charge in [-0.15, -0.1) is 0 Å². The number of hydrogen-bond donors (Lipinski definition) is 0. The first-order valence-electron chi connectivity index (χ1n) is 7.96. The molecule has 2 aromatic rings. The molecule has 0 aromatic carbocycles. The zero-order valence-electron chi connectivity index (χ0n) is 13.5. The quantitative estimate of drug-likeness (QED) is 0.842. The van der Waals surface area contributed by atoms with Gasteiger partial charge in [-0.1, -0.05) is 13.0 Å². The fourth-order valence-corrected chi connectivity index (χ4v) is 4.29. The fourth-order valence-electron chi connectivity index (χ4n) is 3.15. The van der Waals surface area contributed by atoms with E-state index in [-0.39, 0.29) is 6.04 Å². The summed E-state index contributed by atoms with van der Waals surface area (Å²) in [6.07, 6.45) is 5.73. The van der Waals surface area contributed by atoms with Crippen LogP contribution in [0.2, 0.25) is 0 Å². The van der Waals surface area contributed by atoms with Gasteiger partial charge in [-0.3, -0.25) is 4.68 Å². The molecular formula is C16H22N4O2S. The molecule has 3 heterocycles. The van der Waals surface area contributed by atoms with Crippen molar-refractivity contribution in [2.24, 2.45) is 0 Å². The van der Waals surface area contributed by atoms with Gasteiger partial charge in [0.2, 0.25) is 10.0 Å². The minimum absolute atomic E-state index is 0.160. The van der Waals surface area contributed by atoms with Crippen LogP contribution in [-0.4, -0.2) is 40.3 Å². The Hall–Kier alpha value is -1.73. The molecule has 0 radical (unpaired) electrons. The SMILES string of the molecule is CCCn1nccc1-c1cccc([C@H]2CCCN2S(C)(=O)=O)n1. The summed E-state index contributed by atoms with van der Waals surface area (Å²) >= 11 is 0. The van der Waals surface area contributed by atoms with Gasteiger partial charge in [0.05, 0.1) is 29.4 Å². The van der Waals surface area contributed by atoms with Crippen LogP contribution in [-0.2, 0) is 16.6 Å². The second kappa shape index (κ2) is 6.41. The minimum atomic E-state index is -3.21. The molecule has 3 rings (SSSR count). The van der Waals surface area contributed by atoms with E-state index >= 15 is 0 Å². The van der Waals surface area contributed by atoms with Crippen LogP contribution in [0, 0.1) is 0 Å². The number of hydrogen-bond acceptors (Lipinski definition) is 4. The fraction of sp³-hybridized carbons (Fsp3) is 0.500. The molecule has 1 fully saturated rings. The maximum Gasteiger partial charge on any atom is 0.211 e. The molecule has 0 amide bonds. The highest BCUT2D eigenvalue weighted by Gasteiger charge is 2.33. The van der Waals surface area contributed by atoms with Gasteiger partial charge in [-0.25, -0.2) is 13.4 Å². The number of aryl methyl sites for hydroxylation is 1. The third-order valence-corrected chi connectivity index (χ3v) is 5.45. The predicted molar refractivity (Wildman–Crippen MR) is 89.3 cm³/mol. The van der Waals surface area contributed by atoms with Crippen LogP contribution < -0.4 is 0 Å². The van der Waals surface area contributed by atoms with Crippen LogP contribution in [0.1, 0.15) is 37.9 Å². The Morgan fingerprint density at radius 1 is 1.30 bits per heavy atom. The summed E-state index contributed by atoms with van der Waals surface area (Å²) in [6, 6.07) is 7.60. The number of pyridine rings is 1. The standard InChI is InChI=1S/C16H22N4O2S/c1-3-11-19-15(9-10-17-19)13-6-4-7-14(18-13)16-8-5-12-20(16)23(2,21)22/h4,6-7,9-10,16H,3,5,8,11-12H2,1-2H3/t16-/m1/s1. The van der Waals surface area contributed by atoms with Crippen molar-refractivity contribution < 1.29 is 8.42 Å². The van der Waals surface area contributed by atoms with Crippen LogP contribution in [0.4, 0.5) is 0 Å². The Morgan fingerprint density at radius 2 is 2.13 bits per heavy atom. The molecule has 0 saturated carbocycles. The molecule has 0 aliphatic carbocycles. The second-order valence-electron chi connectivity index (χ2n) is 5.92. The Balaban J connectivity index is 1.95. The maximum atomic E-state index is 12.0. The van der Waals surface area contributed by atoms with Crippen molar-refractivity contribution in [1.82, 2.24) is 19.1 Å². The van der Waals surface area contributed by atoms with Gasteiger partial charge in [-0.05, 0) is 37.5 Å². The molecule has 124 valence electrons. The first-order valence-corrected chi connectivity index (χ1v) is 9.81. The highest BCUT2D eigenvalue weighted by Crippen LogP contribution is 2.33. The van der Waals surface area contributed by atoms with Crippen molar-refractivity contribution in [3.05, 3.63) is 36.2 Å². The molecule has 1 saturated heterocycles. The highest BCUT2D eigenvalue weighted by atomic mass is 32.2. The number of sulfonamides is 1. The van der Waals surface area contributed by atoms with Crippen LogP contribution in [0.15, 0.2) is 30.5 Å². The normalized spacial score (nSPS) is 19.3. The van der Waals surface area contributed by atoms with Crippen molar-refractivity contribution in [1.29, 1.82) is 0 Å². The summed E-state index contributed by atoms with van der Waals surface area (Å²) in [4.78, 5) is 4.74. The first kappa shape index (κ1) is 16.1. The lowest BCUT2D eigenvalue weighted by Gasteiger charge is -2.22. The van der Waals surface area contributed by atoms with E-state index in [1.807, 2.05) is 28.9 Å². The molecule has 0 spiro atoms. The van der Waals surface area contributed by atoms with Crippen LogP contribution in [0.3, 0.4) is 0 Å². The molecule has 0 N–H and O–H groups in total. The summed E-state index contributed by atoms with van der Waals surface area (Å²) in [7, 11) is -3.21. The monoisotopic (exact) mass is 334 g/mol. The summed E-state index contributed by atoms with van der Waals surface area (Å²) in [6.45, 7) is 3.52. The van der Waals surface area contributed by atoms with Crippen LogP contribution in [0.25, 0.3) is 11.4 Å². The third kappa shape index (κ3) is 3.30. The zero-order valence-corrected chi connectivity index (χ0v) is 14.3. The van der Waals surface area contributed by atoms with Crippen molar-refractivity contribution in [3.8, 4) is 11.4 Å². The summed E-state index contributed by atoms with van der Waals surface area (Å²) in [5.74, 6) is 0. The van der Waals surface area contributed by atoms with Gasteiger partial charge in [0.25, 0.3) is 0 Å². The minimum Gasteiger partial charge on any atom is -0.263 e. The van der Waals surface area contributed by atoms with Gasteiger partial charge in [0.1, 0.15) is 0 Å². The maximum absolute atomic E-state index is 12.0. The van der Waals surface area contributed by atoms with Gasteiger partial charge >= 0.3 is 0 Å². The molecule has 1 aliphatic heterocycles. The molecular weight excluding hydrogens is 312 g/mol. The molecule has 7 heteroatoms. The van der Waals surface area contributed by atoms with E-state index in [0.717, 1.165) is 42.9 Å². The Labute approximate surface area is 137 Å². The zero-order chi connectivity index (χ0) is 16.4. The lowest BCUT2D eigenvalue weighted by Crippen LogP contribution is -2.29. The molecule has 1 atom stereocenters. The van der Waals surface area contributed by atoms with Gasteiger partial charge in [0, 0.05) is 19.3 Å². The Bertz CT molecular complexity index is 785. The van der Waals surface area contributed by atoms with Crippen molar-refractivity contribution in [3.63, 3.8) is 0 Å². The largest absolute Gasteiger partial charge is 0.263 e. The number of nitrogens with zero attached hydrogens (tertiary/aromatic N) is 4. The van der Waals surface area contributed by atoms with Gasteiger partial charge in [-0.2, -0.15) is 9.40 Å². The van der Waals surface area contributed by atoms with Gasteiger partial charge < -0.3 is 0 Å². The van der Waals surface area contributed by atoms with Gasteiger partial charge in [0.15, 0.2) is 0 Å². The average Bonchev–Trinajstić information content (AvgIpc) is 3.16. The molecule has 23 heavy (non-hydrogen) atoms. The van der Waals surface area contributed by atoms with E-state index in [4.69, 9.17) is 4.98 Å². The van der Waals surface area contributed by atoms with E-state index in [0.29, 0.717) is 6.54 Å². The Morgan fingerprint density at radius 3 is 2.87 bits per heavy atom. The number of rotatable bonds is 5. The van der Waals surface area contributed by atoms with Crippen molar-refractivity contribution in [2.75, 3.05) is 12.8 Å². The summed E-state index contributed by atoms with van der Waals surface area (Å²) < 4.78 is 27.4. The van der Waals surface area contributed by atoms with E-state index in [1.54, 1.807) is 10.5 Å². The Kier molecular flexibility index (Phi) is 4.50. The third-order valence-electron chi connectivity index (χ3n) is 4.16. The van der Waals surface area contributed by atoms with E-state index in [1.165, 1.54) is 6.26 Å². The molecule has 0 bridgehead atoms. The van der Waals surface area contributed by atoms with Crippen LogP contribution >= 0.6 is 0 Å². The van der Waals surface area contributed by atoms with Crippen molar-refractivity contribution >= 4 is 10.0 Å². The van der Waals surface area contributed by atoms with E-state index < -0.39 is 10.0 Å². The lowest BCUT2D eigenvalue weighted by molar-refractivity contribution is 0.394. The van der Waals surface area contributed by atoms with Crippen LogP contribution in [0.5, 0.6) is 0 Å². The van der Waals surface area contributed by atoms with Crippen molar-refractivity contribution in [2.45, 2.75) is 38.8 Å². The molecule has 1 aliphatic rings. The topological polar surface area (TPSA) is 68.1 Å². The molecule has 6 nitrogen and oxygen atoms in total. The molecule has 0 unspecified atom stereocenters. The highest BCUT2D eigenvalue weighted by molar-refractivity contribution is 7.88. The molecule has 2 aromatic heterocycles.